The number of amides is 2. The summed E-state index contributed by atoms with van der Waals surface area (Å²) in [6.07, 6.45) is 0.819. The molecule has 2 amide bonds. The van der Waals surface area contributed by atoms with Crippen molar-refractivity contribution in [2.24, 2.45) is 5.92 Å². The molecule has 0 aromatic heterocycles. The number of carboxylic acid groups (broad SMARTS) is 1. The minimum absolute atomic E-state index is 0.140. The highest BCUT2D eigenvalue weighted by atomic mass is 16.4. The Kier molecular flexibility index (Phi) is 3.87. The predicted molar refractivity (Wildman–Crippen MR) is 55.6 cm³/mol. The van der Waals surface area contributed by atoms with Crippen molar-refractivity contribution < 1.29 is 19.5 Å². The van der Waals surface area contributed by atoms with Crippen molar-refractivity contribution in [3.63, 3.8) is 0 Å². The molecule has 1 rings (SSSR count). The van der Waals surface area contributed by atoms with Gasteiger partial charge in [-0.15, -0.1) is 0 Å². The SMILES string of the molecule is CC(NC(=O)[C@H]1CCC(=O)N1)C(C)C(=O)O. The van der Waals surface area contributed by atoms with E-state index >= 15 is 0 Å². The second-order valence-corrected chi connectivity index (χ2v) is 4.08. The molecule has 0 spiro atoms. The van der Waals surface area contributed by atoms with Gasteiger partial charge in [-0.3, -0.25) is 14.4 Å². The Morgan fingerprint density at radius 3 is 2.56 bits per heavy atom. The molecule has 16 heavy (non-hydrogen) atoms. The lowest BCUT2D eigenvalue weighted by molar-refractivity contribution is -0.142. The first kappa shape index (κ1) is 12.5. The Morgan fingerprint density at radius 1 is 1.50 bits per heavy atom. The van der Waals surface area contributed by atoms with E-state index in [4.69, 9.17) is 5.11 Å². The van der Waals surface area contributed by atoms with Crippen LogP contribution in [0, 0.1) is 5.92 Å². The molecule has 1 fully saturated rings. The minimum atomic E-state index is -0.955. The summed E-state index contributed by atoms with van der Waals surface area (Å²) in [6.45, 7) is 3.16. The zero-order valence-electron chi connectivity index (χ0n) is 9.32. The summed E-state index contributed by atoms with van der Waals surface area (Å²) >= 11 is 0. The van der Waals surface area contributed by atoms with Gasteiger partial charge in [0, 0.05) is 12.5 Å². The van der Waals surface area contributed by atoms with Gasteiger partial charge in [-0.05, 0) is 20.3 Å². The maximum atomic E-state index is 11.6. The van der Waals surface area contributed by atoms with Gasteiger partial charge in [0.25, 0.3) is 0 Å². The van der Waals surface area contributed by atoms with Crippen LogP contribution in [0.15, 0.2) is 0 Å². The molecular formula is C10H16N2O4. The van der Waals surface area contributed by atoms with E-state index in [2.05, 4.69) is 10.6 Å². The average molecular weight is 228 g/mol. The zero-order valence-corrected chi connectivity index (χ0v) is 9.32. The molecule has 0 aromatic rings. The Hall–Kier alpha value is -1.59. The molecular weight excluding hydrogens is 212 g/mol. The number of carboxylic acids is 1. The fourth-order valence-electron chi connectivity index (χ4n) is 1.47. The van der Waals surface area contributed by atoms with Gasteiger partial charge in [-0.25, -0.2) is 0 Å². The summed E-state index contributed by atoms with van der Waals surface area (Å²) in [5, 5.41) is 13.9. The lowest BCUT2D eigenvalue weighted by atomic mass is 10.0. The Morgan fingerprint density at radius 2 is 2.12 bits per heavy atom. The van der Waals surface area contributed by atoms with E-state index in [1.54, 1.807) is 6.92 Å². The number of carbonyl (C=O) groups is 3. The van der Waals surface area contributed by atoms with E-state index in [9.17, 15) is 14.4 Å². The van der Waals surface area contributed by atoms with Gasteiger partial charge in [-0.1, -0.05) is 0 Å². The standard InChI is InChI=1S/C10H16N2O4/c1-5(10(15)16)6(2)11-9(14)7-3-4-8(13)12-7/h5-7H,3-4H2,1-2H3,(H,11,14)(H,12,13)(H,15,16)/t5?,6?,7-/m1/s1. The van der Waals surface area contributed by atoms with Gasteiger partial charge in [0.2, 0.25) is 11.8 Å². The summed E-state index contributed by atoms with van der Waals surface area (Å²) < 4.78 is 0. The van der Waals surface area contributed by atoms with Crippen molar-refractivity contribution in [3.8, 4) is 0 Å². The van der Waals surface area contributed by atoms with Crippen LogP contribution in [0.2, 0.25) is 0 Å². The van der Waals surface area contributed by atoms with Crippen molar-refractivity contribution in [2.75, 3.05) is 0 Å². The van der Waals surface area contributed by atoms with Crippen LogP contribution in [0.3, 0.4) is 0 Å². The van der Waals surface area contributed by atoms with E-state index < -0.39 is 24.0 Å². The third-order valence-electron chi connectivity index (χ3n) is 2.82. The van der Waals surface area contributed by atoms with Crippen LogP contribution in [-0.4, -0.2) is 35.0 Å². The van der Waals surface area contributed by atoms with Gasteiger partial charge < -0.3 is 15.7 Å². The maximum absolute atomic E-state index is 11.6. The Labute approximate surface area is 93.4 Å². The lowest BCUT2D eigenvalue weighted by Gasteiger charge is -2.20. The molecule has 3 N–H and O–H groups in total. The molecule has 1 saturated heterocycles. The first-order valence-electron chi connectivity index (χ1n) is 5.24. The molecule has 0 saturated carbocycles. The first-order chi connectivity index (χ1) is 7.41. The molecule has 90 valence electrons. The van der Waals surface area contributed by atoms with E-state index in [1.807, 2.05) is 0 Å². The van der Waals surface area contributed by atoms with Gasteiger partial charge >= 0.3 is 5.97 Å². The monoisotopic (exact) mass is 228 g/mol. The number of rotatable bonds is 4. The molecule has 2 unspecified atom stereocenters. The van der Waals surface area contributed by atoms with Crippen LogP contribution in [0.1, 0.15) is 26.7 Å². The van der Waals surface area contributed by atoms with Crippen molar-refractivity contribution in [2.45, 2.75) is 38.8 Å². The molecule has 0 aliphatic carbocycles. The Bertz CT molecular complexity index is 316. The number of carbonyl (C=O) groups excluding carboxylic acids is 2. The molecule has 6 nitrogen and oxygen atoms in total. The topological polar surface area (TPSA) is 95.5 Å². The van der Waals surface area contributed by atoms with Gasteiger partial charge in [-0.2, -0.15) is 0 Å². The van der Waals surface area contributed by atoms with Crippen LogP contribution in [-0.2, 0) is 14.4 Å². The van der Waals surface area contributed by atoms with Crippen molar-refractivity contribution >= 4 is 17.8 Å². The fourth-order valence-corrected chi connectivity index (χ4v) is 1.47. The molecule has 0 radical (unpaired) electrons. The van der Waals surface area contributed by atoms with E-state index in [-0.39, 0.29) is 11.8 Å². The predicted octanol–water partition coefficient (Wildman–Crippen LogP) is -0.510. The zero-order chi connectivity index (χ0) is 12.3. The number of hydrogen-bond donors (Lipinski definition) is 3. The highest BCUT2D eigenvalue weighted by Gasteiger charge is 2.29. The van der Waals surface area contributed by atoms with Crippen molar-refractivity contribution in [1.29, 1.82) is 0 Å². The van der Waals surface area contributed by atoms with Crippen LogP contribution in [0.5, 0.6) is 0 Å². The van der Waals surface area contributed by atoms with Crippen LogP contribution in [0.4, 0.5) is 0 Å². The molecule has 6 heteroatoms. The number of nitrogens with one attached hydrogen (secondary N) is 2. The van der Waals surface area contributed by atoms with E-state index in [0.29, 0.717) is 12.8 Å². The molecule has 1 aliphatic heterocycles. The van der Waals surface area contributed by atoms with Crippen molar-refractivity contribution in [1.82, 2.24) is 10.6 Å². The summed E-state index contributed by atoms with van der Waals surface area (Å²) in [7, 11) is 0. The van der Waals surface area contributed by atoms with E-state index in [0.717, 1.165) is 0 Å². The Balaban J connectivity index is 2.45. The normalized spacial score (nSPS) is 23.4. The number of hydrogen-bond acceptors (Lipinski definition) is 3. The molecule has 0 aromatic carbocycles. The van der Waals surface area contributed by atoms with Crippen LogP contribution >= 0.6 is 0 Å². The molecule has 0 bridgehead atoms. The second-order valence-electron chi connectivity index (χ2n) is 4.08. The summed E-state index contributed by atoms with van der Waals surface area (Å²) in [5.41, 5.74) is 0. The minimum Gasteiger partial charge on any atom is -0.481 e. The average Bonchev–Trinajstić information content (AvgIpc) is 2.63. The van der Waals surface area contributed by atoms with Crippen molar-refractivity contribution in [3.05, 3.63) is 0 Å². The molecule has 1 heterocycles. The largest absolute Gasteiger partial charge is 0.481 e. The third-order valence-corrected chi connectivity index (χ3v) is 2.82. The van der Waals surface area contributed by atoms with Gasteiger partial charge in [0.05, 0.1) is 5.92 Å². The first-order valence-corrected chi connectivity index (χ1v) is 5.24. The summed E-state index contributed by atoms with van der Waals surface area (Å²) in [5.74, 6) is -2.06. The lowest BCUT2D eigenvalue weighted by Crippen LogP contribution is -2.48. The molecule has 1 aliphatic rings. The van der Waals surface area contributed by atoms with Gasteiger partial charge in [0.1, 0.15) is 6.04 Å². The maximum Gasteiger partial charge on any atom is 0.308 e. The van der Waals surface area contributed by atoms with E-state index in [1.165, 1.54) is 6.92 Å². The second kappa shape index (κ2) is 4.96. The summed E-state index contributed by atoms with van der Waals surface area (Å²) in [6, 6.07) is -0.974. The highest BCUT2D eigenvalue weighted by Crippen LogP contribution is 2.08. The van der Waals surface area contributed by atoms with Crippen LogP contribution in [0.25, 0.3) is 0 Å². The third kappa shape index (κ3) is 2.95. The quantitative estimate of drug-likeness (QED) is 0.604. The fraction of sp³-hybridized carbons (Fsp3) is 0.700. The highest BCUT2D eigenvalue weighted by molar-refractivity contribution is 5.91. The summed E-state index contributed by atoms with van der Waals surface area (Å²) in [4.78, 5) is 33.2. The number of aliphatic carboxylic acids is 1. The molecule has 3 atom stereocenters. The van der Waals surface area contributed by atoms with Crippen LogP contribution < -0.4 is 10.6 Å². The smallest absolute Gasteiger partial charge is 0.308 e. The van der Waals surface area contributed by atoms with Gasteiger partial charge in [0.15, 0.2) is 0 Å².